The largest absolute Gasteiger partial charge is 0.365 e. The Morgan fingerprint density at radius 1 is 1.06 bits per heavy atom. The van der Waals surface area contributed by atoms with Crippen LogP contribution in [0.1, 0.15) is 44.9 Å². The van der Waals surface area contributed by atoms with E-state index in [0.717, 1.165) is 13.1 Å². The summed E-state index contributed by atoms with van der Waals surface area (Å²) in [5.41, 5.74) is 0. The lowest BCUT2D eigenvalue weighted by Crippen LogP contribution is -2.30. The predicted octanol–water partition coefficient (Wildman–Crippen LogP) is 2.73. The van der Waals surface area contributed by atoms with Crippen molar-refractivity contribution in [3.8, 4) is 0 Å². The van der Waals surface area contributed by atoms with Crippen LogP contribution in [0.5, 0.6) is 0 Å². The van der Waals surface area contributed by atoms with Gasteiger partial charge in [0.15, 0.2) is 5.17 Å². The molecule has 2 heterocycles. The fourth-order valence-corrected chi connectivity index (χ4v) is 3.48. The molecule has 2 aliphatic heterocycles. The highest BCUT2D eigenvalue weighted by Gasteiger charge is 2.09. The second kappa shape index (κ2) is 8.81. The van der Waals surface area contributed by atoms with Gasteiger partial charge in [-0.05, 0) is 58.2 Å². The lowest BCUT2D eigenvalue weighted by molar-refractivity contribution is 0.226. The average molecular weight is 269 g/mol. The van der Waals surface area contributed by atoms with Crippen molar-refractivity contribution in [1.82, 2.24) is 10.2 Å². The van der Waals surface area contributed by atoms with Crippen LogP contribution in [0.25, 0.3) is 0 Å². The molecule has 0 bridgehead atoms. The summed E-state index contributed by atoms with van der Waals surface area (Å²) < 4.78 is 0. The van der Waals surface area contributed by atoms with Crippen molar-refractivity contribution in [2.45, 2.75) is 44.9 Å². The Kier molecular flexibility index (Phi) is 6.95. The monoisotopic (exact) mass is 269 g/mol. The summed E-state index contributed by atoms with van der Waals surface area (Å²) >= 11 is 1.92. The molecular formula is C14H27N3S. The zero-order chi connectivity index (χ0) is 12.5. The van der Waals surface area contributed by atoms with E-state index in [4.69, 9.17) is 0 Å². The summed E-state index contributed by atoms with van der Waals surface area (Å²) in [4.78, 5) is 7.20. The Morgan fingerprint density at radius 2 is 1.94 bits per heavy atom. The van der Waals surface area contributed by atoms with Crippen LogP contribution >= 0.6 is 11.8 Å². The summed E-state index contributed by atoms with van der Waals surface area (Å²) in [7, 11) is 0. The number of rotatable bonds is 5. The third-order valence-corrected chi connectivity index (χ3v) is 4.71. The van der Waals surface area contributed by atoms with E-state index in [2.05, 4.69) is 15.2 Å². The highest BCUT2D eigenvalue weighted by Crippen LogP contribution is 2.12. The van der Waals surface area contributed by atoms with Crippen LogP contribution in [-0.2, 0) is 0 Å². The van der Waals surface area contributed by atoms with E-state index in [9.17, 15) is 0 Å². The van der Waals surface area contributed by atoms with E-state index in [1.54, 1.807) is 0 Å². The predicted molar refractivity (Wildman–Crippen MR) is 81.5 cm³/mol. The third kappa shape index (κ3) is 5.61. The number of hydrogen-bond acceptors (Lipinski definition) is 4. The van der Waals surface area contributed by atoms with Gasteiger partial charge in [0.1, 0.15) is 0 Å². The molecule has 0 atom stereocenters. The molecule has 0 unspecified atom stereocenters. The minimum absolute atomic E-state index is 1.02. The number of nitrogens with zero attached hydrogens (tertiary/aromatic N) is 2. The van der Waals surface area contributed by atoms with Crippen LogP contribution in [0.4, 0.5) is 0 Å². The molecule has 0 aromatic rings. The van der Waals surface area contributed by atoms with E-state index in [1.165, 1.54) is 75.5 Å². The van der Waals surface area contributed by atoms with E-state index >= 15 is 0 Å². The van der Waals surface area contributed by atoms with Crippen LogP contribution in [0.2, 0.25) is 0 Å². The Hall–Kier alpha value is -0.220. The van der Waals surface area contributed by atoms with Gasteiger partial charge < -0.3 is 10.2 Å². The molecule has 18 heavy (non-hydrogen) atoms. The van der Waals surface area contributed by atoms with Gasteiger partial charge in [-0.1, -0.05) is 18.2 Å². The number of nitrogens with one attached hydrogen (secondary N) is 1. The first-order chi connectivity index (χ1) is 8.95. The fraction of sp³-hybridized carbons (Fsp3) is 0.929. The van der Waals surface area contributed by atoms with Crippen molar-refractivity contribution in [2.75, 3.05) is 38.5 Å². The second-order valence-electron chi connectivity index (χ2n) is 5.28. The average Bonchev–Trinajstić information content (AvgIpc) is 2.68. The quantitative estimate of drug-likeness (QED) is 0.778. The summed E-state index contributed by atoms with van der Waals surface area (Å²) in [5.74, 6) is 1.22. The maximum atomic E-state index is 4.57. The molecule has 4 heteroatoms. The molecule has 0 spiro atoms. The van der Waals surface area contributed by atoms with Crippen LogP contribution in [0.3, 0.4) is 0 Å². The summed E-state index contributed by atoms with van der Waals surface area (Å²) in [6.45, 7) is 6.10. The van der Waals surface area contributed by atoms with Gasteiger partial charge >= 0.3 is 0 Å². The van der Waals surface area contributed by atoms with E-state index < -0.39 is 0 Å². The van der Waals surface area contributed by atoms with E-state index in [0.29, 0.717) is 0 Å². The number of unbranched alkanes of at least 4 members (excludes halogenated alkanes) is 1. The van der Waals surface area contributed by atoms with Gasteiger partial charge in [0.2, 0.25) is 0 Å². The molecule has 0 aromatic heterocycles. The van der Waals surface area contributed by atoms with Crippen LogP contribution in [0, 0.1) is 0 Å². The van der Waals surface area contributed by atoms with Crippen LogP contribution in [-0.4, -0.2) is 48.5 Å². The minimum Gasteiger partial charge on any atom is -0.365 e. The Labute approximate surface area is 116 Å². The molecule has 3 nitrogen and oxygen atoms in total. The van der Waals surface area contributed by atoms with Crippen molar-refractivity contribution in [3.63, 3.8) is 0 Å². The summed E-state index contributed by atoms with van der Waals surface area (Å²) in [6, 6.07) is 0. The van der Waals surface area contributed by atoms with Crippen LogP contribution in [0.15, 0.2) is 4.99 Å². The summed E-state index contributed by atoms with van der Waals surface area (Å²) in [5, 5.41) is 4.61. The fourth-order valence-electron chi connectivity index (χ4n) is 2.55. The van der Waals surface area contributed by atoms with Gasteiger partial charge in [-0.25, -0.2) is 0 Å². The molecule has 104 valence electrons. The number of thioether (sulfide) groups is 1. The van der Waals surface area contributed by atoms with E-state index in [1.807, 2.05) is 11.8 Å². The number of piperidine rings is 1. The zero-order valence-electron chi connectivity index (χ0n) is 11.5. The number of amidine groups is 1. The molecule has 0 radical (unpaired) electrons. The lowest BCUT2D eigenvalue weighted by atomic mass is 10.1. The Bertz CT molecular complexity index is 249. The summed E-state index contributed by atoms with van der Waals surface area (Å²) in [6.07, 6.45) is 9.44. The molecule has 1 saturated heterocycles. The molecule has 2 aliphatic rings. The van der Waals surface area contributed by atoms with Gasteiger partial charge in [-0.15, -0.1) is 0 Å². The Balaban J connectivity index is 1.48. The number of aliphatic imine (C=N–C) groups is 1. The molecule has 1 fully saturated rings. The number of hydrogen-bond donors (Lipinski definition) is 1. The maximum Gasteiger partial charge on any atom is 0.156 e. The van der Waals surface area contributed by atoms with Crippen molar-refractivity contribution in [2.24, 2.45) is 4.99 Å². The molecule has 0 aromatic carbocycles. The number of likely N-dealkylation sites (tertiary alicyclic amines) is 1. The second-order valence-corrected chi connectivity index (χ2v) is 6.36. The SMILES string of the molecule is C1CCN(CCCCSC2=NCCCCN2)CC1. The lowest BCUT2D eigenvalue weighted by Gasteiger charge is -2.26. The van der Waals surface area contributed by atoms with Crippen molar-refractivity contribution in [3.05, 3.63) is 0 Å². The van der Waals surface area contributed by atoms with Crippen molar-refractivity contribution in [1.29, 1.82) is 0 Å². The maximum absolute atomic E-state index is 4.57. The van der Waals surface area contributed by atoms with Gasteiger partial charge in [0.25, 0.3) is 0 Å². The minimum atomic E-state index is 1.02. The van der Waals surface area contributed by atoms with Gasteiger partial charge in [-0.3, -0.25) is 4.99 Å². The highest BCUT2D eigenvalue weighted by atomic mass is 32.2. The van der Waals surface area contributed by atoms with Crippen molar-refractivity contribution >= 4 is 16.9 Å². The molecule has 0 aliphatic carbocycles. The van der Waals surface area contributed by atoms with Gasteiger partial charge in [-0.2, -0.15) is 0 Å². The standard InChI is InChI=1S/C14H27N3S/c1-4-10-17(11-5-1)12-6-7-13-18-14-15-8-2-3-9-16-14/h1-13H2,(H,15,16). The highest BCUT2D eigenvalue weighted by molar-refractivity contribution is 8.13. The zero-order valence-corrected chi connectivity index (χ0v) is 12.3. The molecule has 1 N–H and O–H groups in total. The topological polar surface area (TPSA) is 27.6 Å². The van der Waals surface area contributed by atoms with Gasteiger partial charge in [0.05, 0.1) is 0 Å². The third-order valence-electron chi connectivity index (χ3n) is 3.67. The normalized spacial score (nSPS) is 22.1. The Morgan fingerprint density at radius 3 is 2.83 bits per heavy atom. The van der Waals surface area contributed by atoms with E-state index in [-0.39, 0.29) is 0 Å². The molecular weight excluding hydrogens is 242 g/mol. The van der Waals surface area contributed by atoms with Crippen LogP contribution < -0.4 is 5.32 Å². The smallest absolute Gasteiger partial charge is 0.156 e. The first-order valence-electron chi connectivity index (χ1n) is 7.58. The first kappa shape index (κ1) is 14.2. The first-order valence-corrected chi connectivity index (χ1v) is 8.57. The van der Waals surface area contributed by atoms with Gasteiger partial charge in [0, 0.05) is 18.8 Å². The molecule has 0 amide bonds. The molecule has 0 saturated carbocycles. The van der Waals surface area contributed by atoms with Crippen molar-refractivity contribution < 1.29 is 0 Å². The molecule has 2 rings (SSSR count).